The molecule has 4 heterocycles. The molecule has 4 aromatic rings. The Kier molecular flexibility index (Phi) is 5.12. The number of carboxylic acid groups (broad SMARTS) is 1. The molecule has 1 N–H and O–H groups in total. The molecule has 0 amide bonds. The molecule has 32 heavy (non-hydrogen) atoms. The Bertz CT molecular complexity index is 1400. The van der Waals surface area contributed by atoms with Crippen LogP contribution in [0.15, 0.2) is 20.9 Å². The van der Waals surface area contributed by atoms with Gasteiger partial charge >= 0.3 is 5.97 Å². The lowest BCUT2D eigenvalue weighted by molar-refractivity contribution is 0.0688. The molecule has 3 aromatic heterocycles. The van der Waals surface area contributed by atoms with Gasteiger partial charge in [0.15, 0.2) is 5.69 Å². The molecule has 1 atom stereocenters. The predicted molar refractivity (Wildman–Crippen MR) is 126 cm³/mol. The van der Waals surface area contributed by atoms with Gasteiger partial charge in [0, 0.05) is 16.4 Å². The summed E-state index contributed by atoms with van der Waals surface area (Å²) in [7, 11) is 0. The number of thioether (sulfide) groups is 1. The molecule has 0 fully saturated rings. The van der Waals surface area contributed by atoms with Gasteiger partial charge in [-0.05, 0) is 45.4 Å². The van der Waals surface area contributed by atoms with Crippen molar-refractivity contribution < 1.29 is 14.4 Å². The molecule has 0 saturated heterocycles. The molecule has 164 valence electrons. The van der Waals surface area contributed by atoms with Crippen molar-refractivity contribution in [2.24, 2.45) is 0 Å². The number of thiazole rings is 1. The lowest BCUT2D eigenvalue weighted by Gasteiger charge is -2.21. The van der Waals surface area contributed by atoms with Gasteiger partial charge in [-0.1, -0.05) is 39.7 Å². The largest absolute Gasteiger partial charge is 0.476 e. The molecule has 5 rings (SSSR count). The number of benzene rings is 1. The molecule has 0 spiro atoms. The third-order valence-corrected chi connectivity index (χ3v) is 8.48. The van der Waals surface area contributed by atoms with E-state index in [2.05, 4.69) is 17.2 Å². The molecule has 1 unspecified atom stereocenters. The van der Waals surface area contributed by atoms with Crippen LogP contribution >= 0.6 is 46.3 Å². The maximum absolute atomic E-state index is 12.4. The normalized spacial score (nSPS) is 15.0. The number of carboxylic acids is 1. The third kappa shape index (κ3) is 3.18. The molecule has 11 heteroatoms. The summed E-state index contributed by atoms with van der Waals surface area (Å²) in [6.45, 7) is 7.39. The number of rotatable bonds is 3. The van der Waals surface area contributed by atoms with Gasteiger partial charge in [0.2, 0.25) is 5.13 Å². The van der Waals surface area contributed by atoms with E-state index in [0.29, 0.717) is 43.5 Å². The van der Waals surface area contributed by atoms with Crippen molar-refractivity contribution in [2.45, 2.75) is 37.2 Å². The van der Waals surface area contributed by atoms with E-state index in [4.69, 9.17) is 32.7 Å². The highest BCUT2D eigenvalue weighted by atomic mass is 35.5. The Morgan fingerprint density at radius 3 is 2.53 bits per heavy atom. The van der Waals surface area contributed by atoms with E-state index in [1.54, 1.807) is 32.5 Å². The molecule has 0 aliphatic carbocycles. The van der Waals surface area contributed by atoms with Gasteiger partial charge < -0.3 is 9.63 Å². The van der Waals surface area contributed by atoms with Gasteiger partial charge in [-0.15, -0.1) is 11.8 Å². The van der Waals surface area contributed by atoms with E-state index in [0.717, 1.165) is 21.0 Å². The van der Waals surface area contributed by atoms with Crippen LogP contribution in [0.4, 0.5) is 0 Å². The first kappa shape index (κ1) is 21.5. The second-order valence-corrected chi connectivity index (χ2v) is 10.9. The van der Waals surface area contributed by atoms with Gasteiger partial charge in [0.1, 0.15) is 5.76 Å². The van der Waals surface area contributed by atoms with E-state index in [-0.39, 0.29) is 10.9 Å². The van der Waals surface area contributed by atoms with Crippen LogP contribution < -0.4 is 0 Å². The van der Waals surface area contributed by atoms with Crippen LogP contribution in [0.25, 0.3) is 27.5 Å². The summed E-state index contributed by atoms with van der Waals surface area (Å²) >= 11 is 15.6. The molecule has 1 aliphatic rings. The average molecular weight is 507 g/mol. The van der Waals surface area contributed by atoms with E-state index < -0.39 is 5.97 Å². The first-order valence-electron chi connectivity index (χ1n) is 9.60. The number of hydrogen-bond acceptors (Lipinski definition) is 7. The number of hydrogen-bond donors (Lipinski definition) is 1. The summed E-state index contributed by atoms with van der Waals surface area (Å²) in [5.74, 6) is -0.569. The number of aromatic carboxylic acids is 1. The number of aromatic nitrogens is 4. The minimum Gasteiger partial charge on any atom is -0.476 e. The average Bonchev–Trinajstić information content (AvgIpc) is 3.39. The molecule has 0 bridgehead atoms. The van der Waals surface area contributed by atoms with Gasteiger partial charge in [-0.25, -0.2) is 9.78 Å². The predicted octanol–water partition coefficient (Wildman–Crippen LogP) is 6.75. The van der Waals surface area contributed by atoms with E-state index in [9.17, 15) is 9.90 Å². The number of halogens is 2. The second kappa shape index (κ2) is 7.62. The quantitative estimate of drug-likeness (QED) is 0.328. The Labute approximate surface area is 201 Å². The number of carbonyl (C=O) groups is 1. The zero-order chi connectivity index (χ0) is 22.9. The van der Waals surface area contributed by atoms with Crippen molar-refractivity contribution in [3.05, 3.63) is 50.6 Å². The van der Waals surface area contributed by atoms with Crippen molar-refractivity contribution in [3.8, 4) is 27.5 Å². The van der Waals surface area contributed by atoms with Crippen LogP contribution in [0.3, 0.4) is 0 Å². The molecule has 1 aliphatic heterocycles. The highest BCUT2D eigenvalue weighted by molar-refractivity contribution is 8.01. The number of nitrogens with zero attached hydrogens (tertiary/aromatic N) is 4. The fourth-order valence-corrected chi connectivity index (χ4v) is 6.83. The number of fused-ring (bicyclic) bond motifs is 3. The fourth-order valence-electron chi connectivity index (χ4n) is 3.97. The van der Waals surface area contributed by atoms with Crippen molar-refractivity contribution >= 4 is 52.3 Å². The summed E-state index contributed by atoms with van der Waals surface area (Å²) in [4.78, 5) is 17.1. The molecular weight excluding hydrogens is 491 g/mol. The second-order valence-electron chi connectivity index (χ2n) is 7.47. The summed E-state index contributed by atoms with van der Waals surface area (Å²) in [6, 6.07) is 3.69. The zero-order valence-corrected chi connectivity index (χ0v) is 20.5. The van der Waals surface area contributed by atoms with Crippen LogP contribution in [0.5, 0.6) is 0 Å². The Morgan fingerprint density at radius 2 is 1.88 bits per heavy atom. The van der Waals surface area contributed by atoms with Crippen molar-refractivity contribution in [3.63, 3.8) is 0 Å². The lowest BCUT2D eigenvalue weighted by atomic mass is 10.0. The standard InChI is InChI=1S/C21H16Cl2N4O3S2/c1-7-16(15-8(2)26-30-9(15)3)18(19(28)29)27(25-7)21-24-17-12-6-14(23)13(22)5-11(12)10(4)31-20(17)32-21/h5-6,10H,1-4H3,(H,28,29). The molecule has 7 nitrogen and oxygen atoms in total. The van der Waals surface area contributed by atoms with Crippen LogP contribution in [0.1, 0.15) is 45.4 Å². The van der Waals surface area contributed by atoms with Crippen LogP contribution in [-0.4, -0.2) is 31.0 Å². The number of aryl methyl sites for hydroxylation is 3. The summed E-state index contributed by atoms with van der Waals surface area (Å²) in [6.07, 6.45) is 0. The minimum absolute atomic E-state index is 0.0235. The summed E-state index contributed by atoms with van der Waals surface area (Å²) in [5.41, 5.74) is 5.01. The van der Waals surface area contributed by atoms with E-state index in [1.165, 1.54) is 16.0 Å². The van der Waals surface area contributed by atoms with Crippen LogP contribution in [-0.2, 0) is 0 Å². The first-order chi connectivity index (χ1) is 15.2. The van der Waals surface area contributed by atoms with E-state index in [1.807, 2.05) is 12.1 Å². The Morgan fingerprint density at radius 1 is 1.16 bits per heavy atom. The molecule has 1 aromatic carbocycles. The Balaban J connectivity index is 1.73. The van der Waals surface area contributed by atoms with Crippen LogP contribution in [0, 0.1) is 20.8 Å². The highest BCUT2D eigenvalue weighted by Gasteiger charge is 2.32. The van der Waals surface area contributed by atoms with Gasteiger partial charge in [0.25, 0.3) is 0 Å². The van der Waals surface area contributed by atoms with Crippen molar-refractivity contribution in [1.82, 2.24) is 19.9 Å². The topological polar surface area (TPSA) is 94.0 Å². The minimum atomic E-state index is -1.11. The van der Waals surface area contributed by atoms with Gasteiger partial charge in [-0.3, -0.25) is 0 Å². The lowest BCUT2D eigenvalue weighted by Crippen LogP contribution is -2.09. The first-order valence-corrected chi connectivity index (χ1v) is 12.1. The Hall–Kier alpha value is -2.33. The van der Waals surface area contributed by atoms with E-state index >= 15 is 0 Å². The molecule has 0 saturated carbocycles. The van der Waals surface area contributed by atoms with Gasteiger partial charge in [-0.2, -0.15) is 9.78 Å². The fraction of sp³-hybridized carbons (Fsp3) is 0.238. The molecule has 0 radical (unpaired) electrons. The maximum Gasteiger partial charge on any atom is 0.355 e. The maximum atomic E-state index is 12.4. The summed E-state index contributed by atoms with van der Waals surface area (Å²) in [5, 5.41) is 20.2. The smallest absolute Gasteiger partial charge is 0.355 e. The zero-order valence-electron chi connectivity index (χ0n) is 17.4. The third-order valence-electron chi connectivity index (χ3n) is 5.38. The van der Waals surface area contributed by atoms with Crippen molar-refractivity contribution in [2.75, 3.05) is 0 Å². The SMILES string of the molecule is Cc1noc(C)c1-c1c(C)nn(-c2nc3c(s2)SC(C)c2cc(Cl)c(Cl)cc2-3)c1C(=O)O. The molecular formula is C21H16Cl2N4O3S2. The van der Waals surface area contributed by atoms with Crippen molar-refractivity contribution in [1.29, 1.82) is 0 Å². The summed E-state index contributed by atoms with van der Waals surface area (Å²) < 4.78 is 7.64. The highest BCUT2D eigenvalue weighted by Crippen LogP contribution is 2.53. The van der Waals surface area contributed by atoms with Crippen LogP contribution in [0.2, 0.25) is 10.0 Å². The monoisotopic (exact) mass is 506 g/mol. The van der Waals surface area contributed by atoms with Gasteiger partial charge in [0.05, 0.1) is 36.9 Å².